The summed E-state index contributed by atoms with van der Waals surface area (Å²) in [5.41, 5.74) is 29.9. The van der Waals surface area contributed by atoms with Gasteiger partial charge in [0.25, 0.3) is 13.4 Å². The molecule has 0 aliphatic carbocycles. The van der Waals surface area contributed by atoms with E-state index in [1.165, 1.54) is 44.2 Å². The first-order valence-electron chi connectivity index (χ1n) is 32.6. The van der Waals surface area contributed by atoms with Crippen LogP contribution in [0.25, 0.3) is 0 Å². The van der Waals surface area contributed by atoms with E-state index in [4.69, 9.17) is 0 Å². The highest BCUT2D eigenvalue weighted by Crippen LogP contribution is 2.54. The van der Waals surface area contributed by atoms with Gasteiger partial charge in [-0.15, -0.1) is 0 Å². The molecule has 0 bridgehead atoms. The van der Waals surface area contributed by atoms with Crippen molar-refractivity contribution >= 4 is 160 Å². The summed E-state index contributed by atoms with van der Waals surface area (Å²) in [5.74, 6) is 0. The fourth-order valence-electron chi connectivity index (χ4n) is 15.5. The zero-order chi connectivity index (χ0) is 63.4. The normalized spacial score (nSPS) is 13.3. The summed E-state index contributed by atoms with van der Waals surface area (Å²) in [7, 11) is 13.7. The molecule has 4 aliphatic rings. The molecule has 10 heteroatoms. The maximum atomic E-state index is 2.64. The Bertz CT molecular complexity index is 4940. The predicted octanol–water partition coefficient (Wildman–Crippen LogP) is 17.2. The van der Waals surface area contributed by atoms with Crippen LogP contribution < -0.4 is 71.1 Å². The molecule has 13 aromatic rings. The van der Waals surface area contributed by atoms with Crippen LogP contribution in [0.1, 0.15) is 0 Å². The van der Waals surface area contributed by atoms with E-state index >= 15 is 0 Å². The number of anilines is 18. The van der Waals surface area contributed by atoms with Gasteiger partial charge in [0.2, 0.25) is 0 Å². The molecule has 0 amide bonds. The maximum Gasteiger partial charge on any atom is 0.252 e. The van der Waals surface area contributed by atoms with Crippen molar-refractivity contribution in [1.29, 1.82) is 0 Å². The van der Waals surface area contributed by atoms with Gasteiger partial charge in [-0.3, -0.25) is 13.9 Å². The Hall–Kier alpha value is -11.3. The third-order valence-electron chi connectivity index (χ3n) is 19.3. The first-order valence-corrected chi connectivity index (χ1v) is 32.6. The summed E-state index contributed by atoms with van der Waals surface area (Å²) in [6.45, 7) is -0.346. The first kappa shape index (κ1) is 56.7. The molecular weight excluding hydrogens is 1140 g/mol. The fourth-order valence-corrected chi connectivity index (χ4v) is 15.5. The molecule has 0 unspecified atom stereocenters. The zero-order valence-electron chi connectivity index (χ0n) is 53.8. The molecule has 0 saturated heterocycles. The Balaban J connectivity index is 1.00. The molecule has 0 aromatic heterocycles. The SMILES string of the molecule is C[N+](C)(C)c1ccccc1N(c1cc2c3c(c1)N(c1ccccc1)c1cc4c(cc1B3c1ccccc1N2c1ccccc1)B1c2ccccc2N(c2ccccc2)c2cc(N(c3ccccc3)c3ccccc3)cc(c21)N4c1ccccc1)c1ccccc1[N+](C)(C)C. The van der Waals surface area contributed by atoms with E-state index in [1.807, 2.05) is 0 Å². The summed E-state index contributed by atoms with van der Waals surface area (Å²) in [6.07, 6.45) is 0. The number of fused-ring (bicyclic) bond motifs is 8. The number of para-hydroxylation sites is 12. The Morgan fingerprint density at radius 3 is 0.872 bits per heavy atom. The van der Waals surface area contributed by atoms with Crippen molar-refractivity contribution < 1.29 is 0 Å². The fraction of sp³-hybridized carbons (Fsp3) is 0.0714. The van der Waals surface area contributed by atoms with Crippen molar-refractivity contribution in [3.05, 3.63) is 315 Å². The molecular formula is C84H70B2N8+2. The molecule has 17 rings (SSSR count). The van der Waals surface area contributed by atoms with Crippen molar-refractivity contribution in [3.63, 3.8) is 0 Å². The lowest BCUT2D eigenvalue weighted by molar-refractivity contribution is 0.485. The minimum absolute atomic E-state index is 0.165. The Kier molecular flexibility index (Phi) is 13.4. The second-order valence-corrected chi connectivity index (χ2v) is 26.8. The molecule has 94 heavy (non-hydrogen) atoms. The van der Waals surface area contributed by atoms with Gasteiger partial charge in [-0.05, 0) is 160 Å². The highest BCUT2D eigenvalue weighted by molar-refractivity contribution is 7.03. The van der Waals surface area contributed by atoms with Gasteiger partial charge in [-0.2, -0.15) is 0 Å². The van der Waals surface area contributed by atoms with Gasteiger partial charge in [0.15, 0.2) is 11.4 Å². The summed E-state index contributed by atoms with van der Waals surface area (Å²) < 4.78 is 1.24. The lowest BCUT2D eigenvalue weighted by Gasteiger charge is -2.48. The molecule has 0 fully saturated rings. The highest BCUT2D eigenvalue weighted by atomic mass is 15.3. The monoisotopic (exact) mass is 1210 g/mol. The van der Waals surface area contributed by atoms with Crippen LogP contribution in [0.15, 0.2) is 315 Å². The molecule has 0 N–H and O–H groups in total. The maximum absolute atomic E-state index is 2.64. The van der Waals surface area contributed by atoms with Gasteiger partial charge >= 0.3 is 0 Å². The van der Waals surface area contributed by atoms with Crippen molar-refractivity contribution in [2.75, 3.05) is 71.7 Å². The number of quaternary nitrogens is 2. The van der Waals surface area contributed by atoms with Crippen molar-refractivity contribution in [2.24, 2.45) is 0 Å². The van der Waals surface area contributed by atoms with Gasteiger partial charge in [0.05, 0.1) is 53.7 Å². The van der Waals surface area contributed by atoms with E-state index in [0.717, 1.165) is 102 Å². The first-order chi connectivity index (χ1) is 46.0. The van der Waals surface area contributed by atoms with E-state index in [1.54, 1.807) is 0 Å². The standard InChI is InChI=1S/C84H70B2N8/c1-93(2,3)81-51-31-29-49-73(81)92(74-50-30-32-52-82(74)94(4,5)6)66-55-78-84-80(56-66)91(64-43-23-12-24-44-64)76-58-75-69(57-70(76)86(84)68-46-26-28-48-72(68)89(78)62-39-19-10-20-40-62)85-67-45-25-27-47-71(67)88(61-37-17-9-18-38-61)77-53-65(54-79(83(77)85)90(75)63-41-21-11-22-42-63)87(59-33-13-7-14-34-59)60-35-15-8-16-36-60/h7-58H,1-6H3/q+2. The van der Waals surface area contributed by atoms with E-state index in [0.29, 0.717) is 8.97 Å². The van der Waals surface area contributed by atoms with E-state index in [2.05, 4.69) is 387 Å². The van der Waals surface area contributed by atoms with Gasteiger partial charge < -0.3 is 24.5 Å². The molecule has 0 radical (unpaired) electrons. The number of rotatable bonds is 12. The van der Waals surface area contributed by atoms with E-state index in [-0.39, 0.29) is 13.4 Å². The summed E-state index contributed by atoms with van der Waals surface area (Å²) in [5, 5.41) is 0. The van der Waals surface area contributed by atoms with Crippen LogP contribution in [0.4, 0.5) is 114 Å². The van der Waals surface area contributed by atoms with Crippen LogP contribution in [0.2, 0.25) is 0 Å². The smallest absolute Gasteiger partial charge is 0.252 e. The van der Waals surface area contributed by atoms with E-state index in [9.17, 15) is 0 Å². The Morgan fingerprint density at radius 1 is 0.234 bits per heavy atom. The van der Waals surface area contributed by atoms with Gasteiger partial charge in [0.1, 0.15) is 11.4 Å². The van der Waals surface area contributed by atoms with Crippen molar-refractivity contribution in [1.82, 2.24) is 8.97 Å². The average Bonchev–Trinajstić information content (AvgIpc) is 0.694. The number of hydrogen-bond acceptors (Lipinski definition) is 6. The molecule has 13 aromatic carbocycles. The molecule has 8 nitrogen and oxygen atoms in total. The lowest BCUT2D eigenvalue weighted by atomic mass is 9.30. The molecule has 0 spiro atoms. The predicted molar refractivity (Wildman–Crippen MR) is 403 cm³/mol. The topological polar surface area (TPSA) is 19.4 Å². The van der Waals surface area contributed by atoms with Crippen LogP contribution in [-0.2, 0) is 0 Å². The van der Waals surface area contributed by atoms with Gasteiger partial charge in [-0.1, -0.05) is 176 Å². The summed E-state index contributed by atoms with van der Waals surface area (Å²) >= 11 is 0. The molecule has 450 valence electrons. The van der Waals surface area contributed by atoms with Crippen LogP contribution in [0, 0.1) is 0 Å². The minimum Gasteiger partial charge on any atom is -0.311 e. The second kappa shape index (κ2) is 22.2. The number of hydrogen-bond donors (Lipinski definition) is 0. The third-order valence-corrected chi connectivity index (χ3v) is 19.3. The molecule has 4 aliphatic heterocycles. The number of benzene rings is 13. The highest BCUT2D eigenvalue weighted by Gasteiger charge is 2.49. The van der Waals surface area contributed by atoms with Crippen molar-refractivity contribution in [3.8, 4) is 0 Å². The van der Waals surface area contributed by atoms with Crippen LogP contribution in [-0.4, -0.2) is 55.7 Å². The Labute approximate surface area is 552 Å². The number of nitrogens with zero attached hydrogens (tertiary/aromatic N) is 8. The molecule has 4 heterocycles. The third kappa shape index (κ3) is 9.15. The lowest BCUT2D eigenvalue weighted by Crippen LogP contribution is -2.65. The van der Waals surface area contributed by atoms with Gasteiger partial charge in [0, 0.05) is 91.8 Å². The summed E-state index contributed by atoms with van der Waals surface area (Å²) in [4.78, 5) is 15.2. The largest absolute Gasteiger partial charge is 0.311 e. The minimum atomic E-state index is -0.181. The van der Waals surface area contributed by atoms with E-state index < -0.39 is 0 Å². The Morgan fingerprint density at radius 2 is 0.521 bits per heavy atom. The summed E-state index contributed by atoms with van der Waals surface area (Å²) in [6, 6.07) is 117. The van der Waals surface area contributed by atoms with Crippen LogP contribution in [0.3, 0.4) is 0 Å². The van der Waals surface area contributed by atoms with Crippen LogP contribution >= 0.6 is 0 Å². The average molecular weight is 1210 g/mol. The quantitative estimate of drug-likeness (QED) is 0.0891. The van der Waals surface area contributed by atoms with Gasteiger partial charge in [-0.25, -0.2) is 0 Å². The second-order valence-electron chi connectivity index (χ2n) is 26.8. The van der Waals surface area contributed by atoms with Crippen LogP contribution in [0.5, 0.6) is 0 Å². The zero-order valence-corrected chi connectivity index (χ0v) is 53.8. The molecule has 0 saturated carbocycles. The molecule has 0 atom stereocenters. The van der Waals surface area contributed by atoms with Crippen molar-refractivity contribution in [2.45, 2.75) is 0 Å².